The fourth-order valence-electron chi connectivity index (χ4n) is 1.25. The fourth-order valence-corrected chi connectivity index (χ4v) is 1.47. The first kappa shape index (κ1) is 16.1. The molecule has 0 aromatic carbocycles. The van der Waals surface area contributed by atoms with E-state index < -0.39 is 0 Å². The van der Waals surface area contributed by atoms with Crippen molar-refractivity contribution in [3.8, 4) is 0 Å². The molecular weight excluding hydrogens is 226 g/mol. The Balaban J connectivity index is 3.86. The quantitative estimate of drug-likeness (QED) is 0.278. The topological polar surface area (TPSA) is 3.24 Å². The van der Waals surface area contributed by atoms with E-state index in [1.807, 2.05) is 25.2 Å². The van der Waals surface area contributed by atoms with Gasteiger partial charge in [0.1, 0.15) is 0 Å². The fraction of sp³-hybridized carbons (Fsp3) is 0.467. The Morgan fingerprint density at radius 1 is 1.24 bits per heavy atom. The predicted molar refractivity (Wildman–Crippen MR) is 82.6 cm³/mol. The van der Waals surface area contributed by atoms with Gasteiger partial charge < -0.3 is 4.90 Å². The van der Waals surface area contributed by atoms with Gasteiger partial charge in [-0.25, -0.2) is 0 Å². The van der Waals surface area contributed by atoms with Crippen molar-refractivity contribution in [3.05, 3.63) is 48.7 Å². The Labute approximate surface area is 112 Å². The van der Waals surface area contributed by atoms with E-state index in [1.165, 1.54) is 12.0 Å². The van der Waals surface area contributed by atoms with Crippen molar-refractivity contribution < 1.29 is 0 Å². The molecule has 96 valence electrons. The summed E-state index contributed by atoms with van der Waals surface area (Å²) in [7, 11) is 2.07. The summed E-state index contributed by atoms with van der Waals surface area (Å²) in [5, 5.41) is 0. The Hall–Kier alpha value is -0.890. The molecule has 0 aromatic heterocycles. The summed E-state index contributed by atoms with van der Waals surface area (Å²) in [6.07, 6.45) is 11.5. The molecule has 0 radical (unpaired) electrons. The van der Waals surface area contributed by atoms with Crippen LogP contribution in [0.4, 0.5) is 0 Å². The van der Waals surface area contributed by atoms with Crippen LogP contribution in [0.3, 0.4) is 0 Å². The Morgan fingerprint density at radius 3 is 2.53 bits per heavy atom. The molecule has 0 amide bonds. The van der Waals surface area contributed by atoms with Crippen molar-refractivity contribution in [2.24, 2.45) is 0 Å². The van der Waals surface area contributed by atoms with Crippen molar-refractivity contribution in [1.29, 1.82) is 0 Å². The molecule has 17 heavy (non-hydrogen) atoms. The van der Waals surface area contributed by atoms with Crippen LogP contribution >= 0.6 is 12.6 Å². The first-order valence-corrected chi connectivity index (χ1v) is 6.69. The van der Waals surface area contributed by atoms with Crippen LogP contribution in [0.2, 0.25) is 0 Å². The highest BCUT2D eigenvalue weighted by atomic mass is 32.1. The molecule has 0 aliphatic carbocycles. The number of hydrogen-bond acceptors (Lipinski definition) is 2. The normalized spacial score (nSPS) is 11.2. The molecule has 0 aromatic rings. The zero-order valence-electron chi connectivity index (χ0n) is 11.2. The van der Waals surface area contributed by atoms with E-state index in [0.717, 1.165) is 30.8 Å². The number of nitrogens with zero attached hydrogens (tertiary/aromatic N) is 1. The van der Waals surface area contributed by atoms with Gasteiger partial charge >= 0.3 is 0 Å². The Morgan fingerprint density at radius 2 is 1.94 bits per heavy atom. The summed E-state index contributed by atoms with van der Waals surface area (Å²) >= 11 is 4.20. The Bertz CT molecular complexity index is 289. The highest BCUT2D eigenvalue weighted by Gasteiger charge is 1.96. The van der Waals surface area contributed by atoms with Gasteiger partial charge in [0.05, 0.1) is 0 Å². The van der Waals surface area contributed by atoms with Gasteiger partial charge in [-0.05, 0) is 38.0 Å². The summed E-state index contributed by atoms with van der Waals surface area (Å²) < 4.78 is 0. The number of unbranched alkanes of at least 4 members (excludes halogenated alkanes) is 1. The second-order valence-corrected chi connectivity index (χ2v) is 4.74. The minimum absolute atomic E-state index is 0.939. The highest BCUT2D eigenvalue weighted by molar-refractivity contribution is 7.80. The first-order chi connectivity index (χ1) is 8.07. The molecular formula is C15H25NS. The van der Waals surface area contributed by atoms with E-state index in [1.54, 1.807) is 0 Å². The lowest BCUT2D eigenvalue weighted by atomic mass is 10.2. The van der Waals surface area contributed by atoms with E-state index in [0.29, 0.717) is 0 Å². The molecule has 0 saturated carbocycles. The summed E-state index contributed by atoms with van der Waals surface area (Å²) in [6.45, 7) is 11.0. The molecule has 0 saturated heterocycles. The first-order valence-electron chi connectivity index (χ1n) is 6.06. The van der Waals surface area contributed by atoms with Crippen LogP contribution in [0.25, 0.3) is 0 Å². The van der Waals surface area contributed by atoms with E-state index >= 15 is 0 Å². The minimum atomic E-state index is 0.939. The maximum atomic E-state index is 4.20. The molecule has 0 heterocycles. The molecule has 0 unspecified atom stereocenters. The molecule has 0 aliphatic heterocycles. The van der Waals surface area contributed by atoms with Crippen molar-refractivity contribution in [2.75, 3.05) is 19.3 Å². The molecule has 0 spiro atoms. The van der Waals surface area contributed by atoms with Gasteiger partial charge in [-0.2, -0.15) is 12.6 Å². The standard InChI is InChI=1S/C15H25NS/c1-14(2)10-6-5-7-11-15(3)16(4)12-8-9-13-17/h5-7,11,17H,1,3,8-10,12-13H2,2,4H3/b6-5-,11-7+. The summed E-state index contributed by atoms with van der Waals surface area (Å²) in [5.74, 6) is 0.958. The van der Waals surface area contributed by atoms with Crippen molar-refractivity contribution in [3.63, 3.8) is 0 Å². The largest absolute Gasteiger partial charge is 0.375 e. The van der Waals surface area contributed by atoms with E-state index in [9.17, 15) is 0 Å². The summed E-state index contributed by atoms with van der Waals surface area (Å²) in [6, 6.07) is 0. The average molecular weight is 251 g/mol. The van der Waals surface area contributed by atoms with Gasteiger partial charge in [-0.15, -0.1) is 0 Å². The monoisotopic (exact) mass is 251 g/mol. The number of rotatable bonds is 9. The summed E-state index contributed by atoms with van der Waals surface area (Å²) in [5.41, 5.74) is 2.22. The second-order valence-electron chi connectivity index (χ2n) is 4.29. The Kier molecular flexibility index (Phi) is 9.74. The van der Waals surface area contributed by atoms with Gasteiger partial charge in [0, 0.05) is 19.3 Å². The maximum absolute atomic E-state index is 4.20. The van der Waals surface area contributed by atoms with Crippen molar-refractivity contribution >= 4 is 12.6 Å². The minimum Gasteiger partial charge on any atom is -0.375 e. The number of allylic oxidation sites excluding steroid dienone is 5. The molecule has 0 aliphatic rings. The third-order valence-corrected chi connectivity index (χ3v) is 2.71. The van der Waals surface area contributed by atoms with E-state index in [-0.39, 0.29) is 0 Å². The van der Waals surface area contributed by atoms with Crippen LogP contribution in [0, 0.1) is 0 Å². The number of likely N-dealkylation sites (N-methyl/N-ethyl adjacent to an activating group) is 1. The van der Waals surface area contributed by atoms with Crippen LogP contribution in [0.1, 0.15) is 26.2 Å². The molecule has 1 nitrogen and oxygen atoms in total. The van der Waals surface area contributed by atoms with Crippen LogP contribution < -0.4 is 0 Å². The molecule has 0 rings (SSSR count). The third-order valence-electron chi connectivity index (χ3n) is 2.39. The summed E-state index contributed by atoms with van der Waals surface area (Å²) in [4.78, 5) is 2.17. The molecule has 2 heteroatoms. The van der Waals surface area contributed by atoms with Crippen molar-refractivity contribution in [1.82, 2.24) is 4.90 Å². The van der Waals surface area contributed by atoms with E-state index in [4.69, 9.17) is 0 Å². The third kappa shape index (κ3) is 10.0. The second kappa shape index (κ2) is 10.3. The van der Waals surface area contributed by atoms with Crippen LogP contribution in [0.5, 0.6) is 0 Å². The van der Waals surface area contributed by atoms with Crippen LogP contribution in [-0.4, -0.2) is 24.2 Å². The van der Waals surface area contributed by atoms with Gasteiger partial charge in [-0.3, -0.25) is 0 Å². The molecule has 0 bridgehead atoms. The van der Waals surface area contributed by atoms with Gasteiger partial charge in [0.25, 0.3) is 0 Å². The predicted octanol–water partition coefficient (Wildman–Crippen LogP) is 4.22. The zero-order chi connectivity index (χ0) is 13.1. The number of hydrogen-bond donors (Lipinski definition) is 1. The van der Waals surface area contributed by atoms with Crippen LogP contribution in [-0.2, 0) is 0 Å². The number of thiol groups is 1. The lowest BCUT2D eigenvalue weighted by Crippen LogP contribution is -2.17. The molecule has 0 N–H and O–H groups in total. The maximum Gasteiger partial charge on any atom is 0.0290 e. The van der Waals surface area contributed by atoms with Gasteiger partial charge in [-0.1, -0.05) is 37.0 Å². The van der Waals surface area contributed by atoms with E-state index in [2.05, 4.69) is 43.8 Å². The van der Waals surface area contributed by atoms with Crippen molar-refractivity contribution in [2.45, 2.75) is 26.2 Å². The lowest BCUT2D eigenvalue weighted by molar-refractivity contribution is 0.420. The average Bonchev–Trinajstić information content (AvgIpc) is 2.28. The zero-order valence-corrected chi connectivity index (χ0v) is 12.0. The molecule has 0 fully saturated rings. The smallest absolute Gasteiger partial charge is 0.0290 e. The van der Waals surface area contributed by atoms with Gasteiger partial charge in [0.2, 0.25) is 0 Å². The molecule has 0 atom stereocenters. The van der Waals surface area contributed by atoms with Gasteiger partial charge in [0.15, 0.2) is 0 Å². The van der Waals surface area contributed by atoms with Crippen LogP contribution in [0.15, 0.2) is 48.7 Å². The SMILES string of the molecule is C=C(C)C/C=C\C=C\C(=C)N(C)CCCCS. The lowest BCUT2D eigenvalue weighted by Gasteiger charge is -2.18. The highest BCUT2D eigenvalue weighted by Crippen LogP contribution is 2.04.